The lowest BCUT2D eigenvalue weighted by Gasteiger charge is -2.18. The molecule has 2 unspecified atom stereocenters. The number of hydrogen-bond acceptors (Lipinski definition) is 5. The molecule has 0 bridgehead atoms. The van der Waals surface area contributed by atoms with Crippen LogP contribution in [0.2, 0.25) is 0 Å². The SMILES string of the molecule is NCC1CCCC1Oc1nccn2cnnc12. The van der Waals surface area contributed by atoms with E-state index in [1.165, 1.54) is 6.42 Å². The van der Waals surface area contributed by atoms with Gasteiger partial charge in [0, 0.05) is 18.3 Å². The minimum absolute atomic E-state index is 0.162. The van der Waals surface area contributed by atoms with Crippen molar-refractivity contribution in [1.82, 2.24) is 19.6 Å². The van der Waals surface area contributed by atoms with E-state index in [-0.39, 0.29) is 6.10 Å². The summed E-state index contributed by atoms with van der Waals surface area (Å²) < 4.78 is 7.74. The molecule has 1 aliphatic carbocycles. The van der Waals surface area contributed by atoms with Crippen molar-refractivity contribution in [2.45, 2.75) is 25.4 Å². The highest BCUT2D eigenvalue weighted by molar-refractivity contribution is 5.47. The minimum atomic E-state index is 0.162. The summed E-state index contributed by atoms with van der Waals surface area (Å²) in [5.74, 6) is 0.982. The molecule has 0 amide bonds. The number of aromatic nitrogens is 4. The summed E-state index contributed by atoms with van der Waals surface area (Å²) in [7, 11) is 0. The second kappa shape index (κ2) is 4.29. The third-order valence-electron chi connectivity index (χ3n) is 3.34. The number of ether oxygens (including phenoxy) is 1. The molecule has 6 heteroatoms. The Morgan fingerprint density at radius 3 is 3.29 bits per heavy atom. The van der Waals surface area contributed by atoms with Crippen LogP contribution in [0, 0.1) is 5.92 Å². The van der Waals surface area contributed by atoms with E-state index in [0.717, 1.165) is 12.8 Å². The molecule has 0 aromatic carbocycles. The molecule has 2 N–H and O–H groups in total. The van der Waals surface area contributed by atoms with Gasteiger partial charge >= 0.3 is 0 Å². The molecule has 0 aliphatic heterocycles. The number of rotatable bonds is 3. The van der Waals surface area contributed by atoms with Gasteiger partial charge in [0.2, 0.25) is 5.65 Å². The van der Waals surface area contributed by atoms with Gasteiger partial charge in [0.1, 0.15) is 12.4 Å². The Labute approximate surface area is 98.8 Å². The van der Waals surface area contributed by atoms with Crippen molar-refractivity contribution < 1.29 is 4.74 Å². The molecule has 2 aromatic rings. The van der Waals surface area contributed by atoms with Crippen LogP contribution in [-0.4, -0.2) is 32.2 Å². The molecule has 17 heavy (non-hydrogen) atoms. The summed E-state index contributed by atoms with van der Waals surface area (Å²) in [4.78, 5) is 4.22. The van der Waals surface area contributed by atoms with E-state index >= 15 is 0 Å². The highest BCUT2D eigenvalue weighted by Crippen LogP contribution is 2.29. The Kier molecular flexibility index (Phi) is 2.64. The molecule has 3 rings (SSSR count). The first-order valence-electron chi connectivity index (χ1n) is 5.89. The summed E-state index contributed by atoms with van der Waals surface area (Å²) in [5.41, 5.74) is 6.40. The average Bonchev–Trinajstić information content (AvgIpc) is 2.97. The molecule has 2 aromatic heterocycles. The topological polar surface area (TPSA) is 78.3 Å². The molecule has 0 saturated heterocycles. The molecule has 2 heterocycles. The van der Waals surface area contributed by atoms with Crippen LogP contribution in [0.15, 0.2) is 18.7 Å². The van der Waals surface area contributed by atoms with E-state index in [4.69, 9.17) is 10.5 Å². The highest BCUT2D eigenvalue weighted by atomic mass is 16.5. The summed E-state index contributed by atoms with van der Waals surface area (Å²) >= 11 is 0. The van der Waals surface area contributed by atoms with E-state index < -0.39 is 0 Å². The Bertz CT molecular complexity index is 511. The molecule has 1 aliphatic rings. The van der Waals surface area contributed by atoms with E-state index in [0.29, 0.717) is 24.0 Å². The third kappa shape index (κ3) is 1.84. The summed E-state index contributed by atoms with van der Waals surface area (Å²) in [6, 6.07) is 0. The molecule has 1 fully saturated rings. The van der Waals surface area contributed by atoms with Crippen molar-refractivity contribution in [2.75, 3.05) is 6.54 Å². The molecule has 2 atom stereocenters. The number of nitrogens with zero attached hydrogens (tertiary/aromatic N) is 4. The van der Waals surface area contributed by atoms with Crippen LogP contribution in [-0.2, 0) is 0 Å². The van der Waals surface area contributed by atoms with Gasteiger partial charge in [-0.2, -0.15) is 0 Å². The van der Waals surface area contributed by atoms with Gasteiger partial charge in [0.25, 0.3) is 5.88 Å². The van der Waals surface area contributed by atoms with Gasteiger partial charge in [-0.3, -0.25) is 4.40 Å². The fourth-order valence-corrected chi connectivity index (χ4v) is 2.39. The van der Waals surface area contributed by atoms with Crippen molar-refractivity contribution in [3.8, 4) is 5.88 Å². The van der Waals surface area contributed by atoms with Crippen molar-refractivity contribution >= 4 is 5.65 Å². The van der Waals surface area contributed by atoms with Gasteiger partial charge in [-0.05, 0) is 25.8 Å². The molecule has 90 valence electrons. The zero-order valence-electron chi connectivity index (χ0n) is 9.49. The smallest absolute Gasteiger partial charge is 0.260 e. The number of nitrogens with two attached hydrogens (primary N) is 1. The van der Waals surface area contributed by atoms with Crippen LogP contribution in [0.1, 0.15) is 19.3 Å². The monoisotopic (exact) mass is 233 g/mol. The summed E-state index contributed by atoms with van der Waals surface area (Å²) in [5, 5.41) is 7.85. The predicted octanol–water partition coefficient (Wildman–Crippen LogP) is 0.630. The van der Waals surface area contributed by atoms with Crippen LogP contribution in [0.25, 0.3) is 5.65 Å². The summed E-state index contributed by atoms with van der Waals surface area (Å²) in [6.45, 7) is 0.667. The largest absolute Gasteiger partial charge is 0.471 e. The molecule has 0 spiro atoms. The normalized spacial score (nSPS) is 24.3. The number of hydrogen-bond donors (Lipinski definition) is 1. The van der Waals surface area contributed by atoms with Gasteiger partial charge in [-0.1, -0.05) is 0 Å². The average molecular weight is 233 g/mol. The Morgan fingerprint density at radius 1 is 1.47 bits per heavy atom. The predicted molar refractivity (Wildman–Crippen MR) is 61.6 cm³/mol. The maximum Gasteiger partial charge on any atom is 0.260 e. The maximum atomic E-state index is 5.94. The lowest BCUT2D eigenvalue weighted by Crippen LogP contribution is -2.28. The van der Waals surface area contributed by atoms with Gasteiger partial charge in [-0.15, -0.1) is 10.2 Å². The van der Waals surface area contributed by atoms with Crippen LogP contribution in [0.3, 0.4) is 0 Å². The van der Waals surface area contributed by atoms with Crippen molar-refractivity contribution in [2.24, 2.45) is 11.7 Å². The van der Waals surface area contributed by atoms with E-state index in [2.05, 4.69) is 15.2 Å². The number of fused-ring (bicyclic) bond motifs is 1. The molecular formula is C11H15N5O. The lowest BCUT2D eigenvalue weighted by atomic mass is 10.1. The first kappa shape index (κ1) is 10.5. The van der Waals surface area contributed by atoms with E-state index in [9.17, 15) is 0 Å². The van der Waals surface area contributed by atoms with Crippen LogP contribution in [0.4, 0.5) is 0 Å². The molecule has 6 nitrogen and oxygen atoms in total. The van der Waals surface area contributed by atoms with E-state index in [1.807, 2.05) is 0 Å². The minimum Gasteiger partial charge on any atom is -0.471 e. The van der Waals surface area contributed by atoms with Crippen LogP contribution < -0.4 is 10.5 Å². The van der Waals surface area contributed by atoms with Gasteiger partial charge < -0.3 is 10.5 Å². The quantitative estimate of drug-likeness (QED) is 0.841. The zero-order chi connectivity index (χ0) is 11.7. The van der Waals surface area contributed by atoms with Crippen LogP contribution in [0.5, 0.6) is 5.88 Å². The van der Waals surface area contributed by atoms with Gasteiger partial charge in [-0.25, -0.2) is 4.98 Å². The van der Waals surface area contributed by atoms with E-state index in [1.54, 1.807) is 23.1 Å². The third-order valence-corrected chi connectivity index (χ3v) is 3.34. The van der Waals surface area contributed by atoms with Crippen molar-refractivity contribution in [3.05, 3.63) is 18.7 Å². The van der Waals surface area contributed by atoms with Crippen molar-refractivity contribution in [3.63, 3.8) is 0 Å². The second-order valence-corrected chi connectivity index (χ2v) is 4.38. The van der Waals surface area contributed by atoms with Gasteiger partial charge in [0.05, 0.1) is 0 Å². The lowest BCUT2D eigenvalue weighted by molar-refractivity contribution is 0.157. The Morgan fingerprint density at radius 2 is 2.41 bits per heavy atom. The first-order valence-corrected chi connectivity index (χ1v) is 5.89. The Balaban J connectivity index is 1.87. The fraction of sp³-hybridized carbons (Fsp3) is 0.545. The molecule has 0 radical (unpaired) electrons. The highest BCUT2D eigenvalue weighted by Gasteiger charge is 2.28. The molecule has 1 saturated carbocycles. The Hall–Kier alpha value is -1.69. The summed E-state index contributed by atoms with van der Waals surface area (Å²) in [6.07, 6.45) is 8.64. The standard InChI is InChI=1S/C11H15N5O/c12-6-8-2-1-3-9(8)17-11-10-15-14-7-16(10)5-4-13-11/h4-5,7-9H,1-3,6,12H2. The second-order valence-electron chi connectivity index (χ2n) is 4.38. The van der Waals surface area contributed by atoms with Crippen molar-refractivity contribution in [1.29, 1.82) is 0 Å². The zero-order valence-corrected chi connectivity index (χ0v) is 9.49. The fourth-order valence-electron chi connectivity index (χ4n) is 2.39. The van der Waals surface area contributed by atoms with Gasteiger partial charge in [0.15, 0.2) is 0 Å². The first-order chi connectivity index (χ1) is 8.38. The maximum absolute atomic E-state index is 5.94. The molecular weight excluding hydrogens is 218 g/mol. The van der Waals surface area contributed by atoms with Crippen LogP contribution >= 0.6 is 0 Å².